The van der Waals surface area contributed by atoms with E-state index in [1.165, 1.54) is 0 Å². The van der Waals surface area contributed by atoms with Gasteiger partial charge in [-0.2, -0.15) is 0 Å². The molecule has 0 N–H and O–H groups in total. The smallest absolute Gasteiger partial charge is 0.253 e. The summed E-state index contributed by atoms with van der Waals surface area (Å²) in [5.41, 5.74) is 1.60. The Labute approximate surface area is 126 Å². The number of pyridine rings is 1. The maximum atomic E-state index is 12.6. The normalized spacial score (nSPS) is 11.9. The fourth-order valence-electron chi connectivity index (χ4n) is 2.25. The first-order valence-electron chi connectivity index (χ1n) is 7.04. The molecule has 1 aromatic heterocycles. The van der Waals surface area contributed by atoms with Gasteiger partial charge in [0, 0.05) is 29.6 Å². The molecule has 0 saturated carbocycles. The van der Waals surface area contributed by atoms with E-state index >= 15 is 0 Å². The number of hydrogen-bond acceptors (Lipinski definition) is 2. The van der Waals surface area contributed by atoms with Crippen LogP contribution in [0.25, 0.3) is 0 Å². The van der Waals surface area contributed by atoms with Crippen LogP contribution in [0.1, 0.15) is 52.3 Å². The van der Waals surface area contributed by atoms with Crippen LogP contribution in [-0.2, 0) is 23.2 Å². The first-order valence-corrected chi connectivity index (χ1v) is 7.42. The minimum Gasteiger partial charge on any atom is -0.312 e. The summed E-state index contributed by atoms with van der Waals surface area (Å²) in [6, 6.07) is 3.83. The highest BCUT2D eigenvalue weighted by Gasteiger charge is 2.20. The van der Waals surface area contributed by atoms with E-state index in [4.69, 9.17) is 11.6 Å². The molecule has 112 valence electrons. The summed E-state index contributed by atoms with van der Waals surface area (Å²) >= 11 is 5.36. The minimum atomic E-state index is -0.403. The lowest BCUT2D eigenvalue weighted by Gasteiger charge is -2.25. The average Bonchev–Trinajstić information content (AvgIpc) is 2.27. The molecule has 0 amide bonds. The Morgan fingerprint density at radius 2 is 1.90 bits per heavy atom. The van der Waals surface area contributed by atoms with Gasteiger partial charge in [-0.3, -0.25) is 9.59 Å². The summed E-state index contributed by atoms with van der Waals surface area (Å²) in [6.07, 6.45) is 0.608. The predicted molar refractivity (Wildman–Crippen MR) is 83.4 cm³/mol. The molecule has 0 aliphatic carbocycles. The largest absolute Gasteiger partial charge is 0.312 e. The second kappa shape index (κ2) is 6.57. The van der Waals surface area contributed by atoms with Crippen molar-refractivity contribution in [2.24, 2.45) is 5.92 Å². The van der Waals surface area contributed by atoms with Crippen molar-refractivity contribution >= 4 is 16.8 Å². The summed E-state index contributed by atoms with van der Waals surface area (Å²) in [6.45, 7) is 11.2. The van der Waals surface area contributed by atoms with Crippen LogP contribution in [0.5, 0.6) is 0 Å². The molecule has 0 radical (unpaired) electrons. The SMILES string of the molecule is CC(C)Cn1c(C(C)(C)C)ccc(CCC(=O)Cl)c1=O. The van der Waals surface area contributed by atoms with E-state index in [1.54, 1.807) is 0 Å². The van der Waals surface area contributed by atoms with Gasteiger partial charge < -0.3 is 4.57 Å². The lowest BCUT2D eigenvalue weighted by Crippen LogP contribution is -2.33. The molecule has 0 aromatic carbocycles. The van der Waals surface area contributed by atoms with E-state index < -0.39 is 5.24 Å². The van der Waals surface area contributed by atoms with E-state index in [2.05, 4.69) is 34.6 Å². The van der Waals surface area contributed by atoms with Crippen LogP contribution in [0.3, 0.4) is 0 Å². The van der Waals surface area contributed by atoms with Crippen molar-refractivity contribution < 1.29 is 4.79 Å². The second-order valence-electron chi connectivity index (χ2n) is 6.66. The monoisotopic (exact) mass is 297 g/mol. The number of hydrogen-bond donors (Lipinski definition) is 0. The Balaban J connectivity index is 3.28. The van der Waals surface area contributed by atoms with E-state index in [9.17, 15) is 9.59 Å². The predicted octanol–water partition coefficient (Wildman–Crippen LogP) is 3.50. The molecule has 0 aliphatic rings. The summed E-state index contributed by atoms with van der Waals surface area (Å²) in [5.74, 6) is 0.388. The second-order valence-corrected chi connectivity index (χ2v) is 7.08. The minimum absolute atomic E-state index is 0.00374. The van der Waals surface area contributed by atoms with Gasteiger partial charge in [0.15, 0.2) is 0 Å². The third-order valence-corrected chi connectivity index (χ3v) is 3.35. The van der Waals surface area contributed by atoms with Crippen LogP contribution in [0.15, 0.2) is 16.9 Å². The molecule has 0 saturated heterocycles. The topological polar surface area (TPSA) is 39.1 Å². The molecule has 4 heteroatoms. The Morgan fingerprint density at radius 1 is 1.30 bits per heavy atom. The standard InChI is InChI=1S/C16H24ClNO2/c1-11(2)10-18-13(16(3,4)5)8-6-12(15(18)20)7-9-14(17)19/h6,8,11H,7,9-10H2,1-5H3. The van der Waals surface area contributed by atoms with Gasteiger partial charge in [-0.25, -0.2) is 0 Å². The molecule has 1 rings (SSSR count). The maximum Gasteiger partial charge on any atom is 0.253 e. The van der Waals surface area contributed by atoms with Gasteiger partial charge in [0.1, 0.15) is 0 Å². The number of aryl methyl sites for hydroxylation is 1. The third kappa shape index (κ3) is 4.48. The van der Waals surface area contributed by atoms with Gasteiger partial charge in [0.25, 0.3) is 5.56 Å². The van der Waals surface area contributed by atoms with Gasteiger partial charge in [-0.1, -0.05) is 40.7 Å². The Bertz CT molecular complexity index is 538. The highest BCUT2D eigenvalue weighted by molar-refractivity contribution is 6.63. The van der Waals surface area contributed by atoms with Crippen LogP contribution in [-0.4, -0.2) is 9.81 Å². The van der Waals surface area contributed by atoms with Crippen LogP contribution in [0.4, 0.5) is 0 Å². The molecule has 1 aromatic rings. The summed E-state index contributed by atoms with van der Waals surface area (Å²) in [5, 5.41) is -0.403. The number of nitrogens with zero attached hydrogens (tertiary/aromatic N) is 1. The van der Waals surface area contributed by atoms with Crippen LogP contribution in [0.2, 0.25) is 0 Å². The van der Waals surface area contributed by atoms with Crippen molar-refractivity contribution in [2.45, 2.75) is 59.4 Å². The Hall–Kier alpha value is -1.09. The highest BCUT2D eigenvalue weighted by Crippen LogP contribution is 2.22. The molecule has 0 aliphatic heterocycles. The fourth-order valence-corrected chi connectivity index (χ4v) is 2.34. The molecule has 0 unspecified atom stereocenters. The Morgan fingerprint density at radius 3 is 2.35 bits per heavy atom. The van der Waals surface area contributed by atoms with Crippen LogP contribution >= 0.6 is 11.6 Å². The van der Waals surface area contributed by atoms with Gasteiger partial charge in [-0.15, -0.1) is 0 Å². The molecule has 0 bridgehead atoms. The number of halogens is 1. The molecule has 3 nitrogen and oxygen atoms in total. The molecule has 0 spiro atoms. The summed E-state index contributed by atoms with van der Waals surface area (Å²) < 4.78 is 1.85. The number of aromatic nitrogens is 1. The average molecular weight is 298 g/mol. The van der Waals surface area contributed by atoms with Crippen molar-refractivity contribution in [1.29, 1.82) is 0 Å². The van der Waals surface area contributed by atoms with Crippen molar-refractivity contribution in [2.75, 3.05) is 0 Å². The van der Waals surface area contributed by atoms with Crippen molar-refractivity contribution in [3.63, 3.8) is 0 Å². The van der Waals surface area contributed by atoms with Crippen molar-refractivity contribution in [3.05, 3.63) is 33.7 Å². The fraction of sp³-hybridized carbons (Fsp3) is 0.625. The summed E-state index contributed by atoms with van der Waals surface area (Å²) in [4.78, 5) is 23.5. The molecule has 0 fully saturated rings. The number of carbonyl (C=O) groups excluding carboxylic acids is 1. The number of rotatable bonds is 5. The van der Waals surface area contributed by atoms with Crippen LogP contribution in [0, 0.1) is 5.92 Å². The van der Waals surface area contributed by atoms with Gasteiger partial charge >= 0.3 is 0 Å². The van der Waals surface area contributed by atoms with E-state index in [0.717, 1.165) is 5.69 Å². The highest BCUT2D eigenvalue weighted by atomic mass is 35.5. The lowest BCUT2D eigenvalue weighted by molar-refractivity contribution is -0.111. The zero-order valence-electron chi connectivity index (χ0n) is 13.0. The zero-order valence-corrected chi connectivity index (χ0v) is 13.8. The van der Waals surface area contributed by atoms with Crippen molar-refractivity contribution in [1.82, 2.24) is 4.57 Å². The first-order chi connectivity index (χ1) is 9.12. The van der Waals surface area contributed by atoms with E-state index in [-0.39, 0.29) is 17.4 Å². The van der Waals surface area contributed by atoms with Crippen molar-refractivity contribution in [3.8, 4) is 0 Å². The quantitative estimate of drug-likeness (QED) is 0.780. The van der Waals surface area contributed by atoms with E-state index in [0.29, 0.717) is 24.4 Å². The molecular weight excluding hydrogens is 274 g/mol. The number of carbonyl (C=O) groups is 1. The van der Waals surface area contributed by atoms with E-state index in [1.807, 2.05) is 16.7 Å². The van der Waals surface area contributed by atoms with Crippen LogP contribution < -0.4 is 5.56 Å². The maximum absolute atomic E-state index is 12.6. The molecule has 1 heterocycles. The third-order valence-electron chi connectivity index (χ3n) is 3.16. The summed E-state index contributed by atoms with van der Waals surface area (Å²) in [7, 11) is 0. The molecular formula is C16H24ClNO2. The lowest BCUT2D eigenvalue weighted by atomic mass is 9.90. The first kappa shape index (κ1) is 17.0. The molecule has 0 atom stereocenters. The zero-order chi connectivity index (χ0) is 15.5. The van der Waals surface area contributed by atoms with Gasteiger partial charge in [0.05, 0.1) is 0 Å². The molecule has 20 heavy (non-hydrogen) atoms. The van der Waals surface area contributed by atoms with Gasteiger partial charge in [0.2, 0.25) is 5.24 Å². The Kier molecular flexibility index (Phi) is 5.58. The van der Waals surface area contributed by atoms with Gasteiger partial charge in [-0.05, 0) is 30.0 Å².